The summed E-state index contributed by atoms with van der Waals surface area (Å²) >= 11 is 0. The van der Waals surface area contributed by atoms with Gasteiger partial charge in [-0.2, -0.15) is 0 Å². The Morgan fingerprint density at radius 2 is 1.23 bits per heavy atom. The monoisotopic (exact) mass is 792 g/mol. The Labute approximate surface area is 336 Å². The molecule has 2 aromatic heterocycles. The van der Waals surface area contributed by atoms with Crippen LogP contribution in [0.5, 0.6) is 5.75 Å². The predicted molar refractivity (Wildman–Crippen MR) is 218 cm³/mol. The van der Waals surface area contributed by atoms with Gasteiger partial charge in [0.15, 0.2) is 11.4 Å². The Balaban J connectivity index is 0.000000190. The molecular formula is C41H45ClN10O5. The van der Waals surface area contributed by atoms with E-state index in [0.717, 1.165) is 60.0 Å². The average molecular weight is 793 g/mol. The molecule has 0 spiro atoms. The van der Waals surface area contributed by atoms with E-state index in [1.165, 1.54) is 0 Å². The number of anilines is 2. The number of aryl methyl sites for hydroxylation is 1. The van der Waals surface area contributed by atoms with Crippen molar-refractivity contribution in [2.45, 2.75) is 26.1 Å². The van der Waals surface area contributed by atoms with Crippen molar-refractivity contribution < 1.29 is 23.8 Å². The van der Waals surface area contributed by atoms with Crippen molar-refractivity contribution in [3.8, 4) is 17.1 Å². The normalized spacial score (nSPS) is 16.3. The molecule has 0 saturated carbocycles. The number of halogens is 1. The molecule has 2 atom stereocenters. The summed E-state index contributed by atoms with van der Waals surface area (Å²) in [6, 6.07) is 30.6. The van der Waals surface area contributed by atoms with E-state index in [4.69, 9.17) is 14.2 Å². The lowest BCUT2D eigenvalue weighted by atomic mass is 10.1. The molecule has 15 nitrogen and oxygen atoms in total. The molecule has 57 heavy (non-hydrogen) atoms. The van der Waals surface area contributed by atoms with Crippen molar-refractivity contribution in [3.05, 3.63) is 138 Å². The van der Waals surface area contributed by atoms with E-state index in [1.807, 2.05) is 111 Å². The van der Waals surface area contributed by atoms with Crippen molar-refractivity contribution in [1.82, 2.24) is 40.6 Å². The van der Waals surface area contributed by atoms with Crippen LogP contribution in [-0.2, 0) is 9.47 Å². The molecule has 0 unspecified atom stereocenters. The molecule has 2 amide bonds. The van der Waals surface area contributed by atoms with Gasteiger partial charge in [0.1, 0.15) is 5.75 Å². The first-order valence-electron chi connectivity index (χ1n) is 18.5. The lowest BCUT2D eigenvalue weighted by molar-refractivity contribution is 0.0276. The average Bonchev–Trinajstić information content (AvgIpc) is 3.95. The highest BCUT2D eigenvalue weighted by atomic mass is 35.5. The van der Waals surface area contributed by atoms with E-state index in [0.29, 0.717) is 31.2 Å². The van der Waals surface area contributed by atoms with E-state index >= 15 is 0 Å². The van der Waals surface area contributed by atoms with Crippen molar-refractivity contribution in [2.75, 3.05) is 56.6 Å². The second-order valence-corrected chi connectivity index (χ2v) is 13.1. The standard InChI is InChI=1S/C21H23N5O3.C20H21N5O2.ClH/c1-2-28-18-9-7-17(8-10-18)26-14-19(24-25-26)21(27)23-16-5-3-15(4-6-16)20-13-22-11-12-29-20;1-14-3-2-4-17(11-14)25-13-18(23-24-25)20(26)22-16-7-5-15(6-8-16)19-12-21-9-10-27-19;/h3-10,14,20,22H,2,11-13H2,1H3,(H,23,27);2-8,11,13,19,21H,9-10,12H2,1H3,(H,22,26);1H/t20-;19-;/m11./s1. The van der Waals surface area contributed by atoms with Gasteiger partial charge in [0.05, 0.1) is 55.8 Å². The zero-order valence-electron chi connectivity index (χ0n) is 31.6. The Morgan fingerprint density at radius 3 is 1.68 bits per heavy atom. The molecule has 6 aromatic rings. The molecule has 2 aliphatic rings. The summed E-state index contributed by atoms with van der Waals surface area (Å²) in [6.07, 6.45) is 3.32. The molecule has 0 aliphatic carbocycles. The topological polar surface area (TPSA) is 171 Å². The van der Waals surface area contributed by atoms with Crippen LogP contribution in [-0.4, -0.2) is 87.8 Å². The van der Waals surface area contributed by atoms with Crippen LogP contribution in [0, 0.1) is 6.92 Å². The zero-order chi connectivity index (χ0) is 38.7. The van der Waals surface area contributed by atoms with Crippen molar-refractivity contribution in [1.29, 1.82) is 0 Å². The first-order valence-corrected chi connectivity index (χ1v) is 18.5. The molecule has 0 bridgehead atoms. The number of ether oxygens (including phenoxy) is 3. The van der Waals surface area contributed by atoms with Gasteiger partial charge in [0.25, 0.3) is 11.8 Å². The van der Waals surface area contributed by atoms with Crippen molar-refractivity contribution in [3.63, 3.8) is 0 Å². The maximum Gasteiger partial charge on any atom is 0.277 e. The molecule has 4 aromatic carbocycles. The number of hydrogen-bond donors (Lipinski definition) is 4. The summed E-state index contributed by atoms with van der Waals surface area (Å²) in [5.74, 6) is 0.176. The van der Waals surface area contributed by atoms with Gasteiger partial charge in [-0.25, -0.2) is 9.36 Å². The fourth-order valence-corrected chi connectivity index (χ4v) is 6.13. The molecule has 0 radical (unpaired) electrons. The van der Waals surface area contributed by atoms with Gasteiger partial charge in [-0.3, -0.25) is 9.59 Å². The summed E-state index contributed by atoms with van der Waals surface area (Å²) in [4.78, 5) is 25.0. The number of aromatic nitrogens is 6. The van der Waals surface area contributed by atoms with Crippen LogP contribution in [0.2, 0.25) is 0 Å². The summed E-state index contributed by atoms with van der Waals surface area (Å²) in [5.41, 5.74) is 6.85. The molecule has 16 heteroatoms. The van der Waals surface area contributed by atoms with Crippen LogP contribution in [0.4, 0.5) is 11.4 Å². The number of benzene rings is 4. The number of carbonyl (C=O) groups excluding carboxylic acids is 2. The van der Waals surface area contributed by atoms with Gasteiger partial charge in [-0.15, -0.1) is 22.6 Å². The first-order chi connectivity index (χ1) is 27.4. The summed E-state index contributed by atoms with van der Waals surface area (Å²) in [6.45, 7) is 9.31. The number of rotatable bonds is 10. The van der Waals surface area contributed by atoms with Crippen molar-refractivity contribution >= 4 is 35.6 Å². The van der Waals surface area contributed by atoms with Crippen LogP contribution in [0.1, 0.15) is 56.8 Å². The van der Waals surface area contributed by atoms with E-state index in [9.17, 15) is 9.59 Å². The van der Waals surface area contributed by atoms with Gasteiger partial charge >= 0.3 is 0 Å². The van der Waals surface area contributed by atoms with Gasteiger partial charge in [0.2, 0.25) is 0 Å². The number of nitrogens with one attached hydrogen (secondary N) is 4. The second kappa shape index (κ2) is 19.8. The Kier molecular flexibility index (Phi) is 14.1. The van der Waals surface area contributed by atoms with E-state index < -0.39 is 0 Å². The minimum atomic E-state index is -0.314. The summed E-state index contributed by atoms with van der Waals surface area (Å²) in [7, 11) is 0. The number of amides is 2. The van der Waals surface area contributed by atoms with Gasteiger partial charge < -0.3 is 35.5 Å². The zero-order valence-corrected chi connectivity index (χ0v) is 32.4. The van der Waals surface area contributed by atoms with Gasteiger partial charge in [-0.1, -0.05) is 46.8 Å². The largest absolute Gasteiger partial charge is 0.494 e. The number of morpholine rings is 2. The van der Waals surface area contributed by atoms with Crippen LogP contribution < -0.4 is 26.0 Å². The minimum Gasteiger partial charge on any atom is -0.494 e. The molecule has 2 saturated heterocycles. The van der Waals surface area contributed by atoms with Crippen LogP contribution in [0.25, 0.3) is 11.4 Å². The van der Waals surface area contributed by atoms with E-state index in [1.54, 1.807) is 21.8 Å². The SMILES string of the molecule is CCOc1ccc(-n2cc(C(=O)Nc3ccc([C@H]4CNCCO4)cc3)nn2)cc1.Cc1cccc(-n2cc(C(=O)Nc3ccc([C@H]4CNCCO4)cc3)nn2)c1.Cl. The third-order valence-electron chi connectivity index (χ3n) is 9.07. The number of nitrogens with zero attached hydrogens (tertiary/aromatic N) is 6. The smallest absolute Gasteiger partial charge is 0.277 e. The maximum absolute atomic E-state index is 12.5. The second-order valence-electron chi connectivity index (χ2n) is 13.1. The lowest BCUT2D eigenvalue weighted by Crippen LogP contribution is -2.33. The van der Waals surface area contributed by atoms with Gasteiger partial charge in [-0.05, 0) is 91.2 Å². The maximum atomic E-state index is 12.5. The summed E-state index contributed by atoms with van der Waals surface area (Å²) < 4.78 is 20.1. The van der Waals surface area contributed by atoms with E-state index in [-0.39, 0.29) is 47.8 Å². The Morgan fingerprint density at radius 1 is 0.719 bits per heavy atom. The molecule has 4 heterocycles. The Hall–Kier alpha value is -5.97. The molecule has 8 rings (SSSR count). The third-order valence-corrected chi connectivity index (χ3v) is 9.07. The highest BCUT2D eigenvalue weighted by molar-refractivity contribution is 6.03. The highest BCUT2D eigenvalue weighted by Gasteiger charge is 2.18. The van der Waals surface area contributed by atoms with E-state index in [2.05, 4.69) is 41.9 Å². The Bertz CT molecular complexity index is 2200. The molecule has 296 valence electrons. The highest BCUT2D eigenvalue weighted by Crippen LogP contribution is 2.23. The minimum absolute atomic E-state index is 0. The lowest BCUT2D eigenvalue weighted by Gasteiger charge is -2.24. The number of carbonyl (C=O) groups is 2. The molecular weight excluding hydrogens is 748 g/mol. The van der Waals surface area contributed by atoms with Gasteiger partial charge in [0, 0.05) is 37.6 Å². The fraction of sp³-hybridized carbons (Fsp3) is 0.268. The fourth-order valence-electron chi connectivity index (χ4n) is 6.13. The number of hydrogen-bond acceptors (Lipinski definition) is 11. The molecule has 2 fully saturated rings. The van der Waals surface area contributed by atoms with Crippen LogP contribution in [0.3, 0.4) is 0 Å². The molecule has 2 aliphatic heterocycles. The first kappa shape index (κ1) is 40.7. The van der Waals surface area contributed by atoms with Crippen LogP contribution >= 0.6 is 12.4 Å². The predicted octanol–water partition coefficient (Wildman–Crippen LogP) is 5.49. The van der Waals surface area contributed by atoms with Crippen LogP contribution in [0.15, 0.2) is 109 Å². The third kappa shape index (κ3) is 10.9. The van der Waals surface area contributed by atoms with Crippen molar-refractivity contribution in [2.24, 2.45) is 0 Å². The quantitative estimate of drug-likeness (QED) is 0.138. The molecule has 4 N–H and O–H groups in total. The summed E-state index contributed by atoms with van der Waals surface area (Å²) in [5, 5.41) is 28.4.